The standard InChI is InChI=1S/2C13H17NO2.C13H17NOS.C13H17NS2.C12H15NO2.C12H15NOS.C12H15NS2.C9H17NO2.C9H17NOS.C9H17NS2/c1-9(2)14-10(3)12(16-13(14)15)11-7-5-4-6-8-11;1-10(2)14-12(9-16-13(14)15)8-11-6-4-3-5-7-11;1-10(2)14-12(9-15-13(14)16)8-11-6-4-3-5-7-11;1-10(2)14-12(9-16-13(14)15)8-11-6-4-3-5-7-11;1-9(2)13-11(8-15-12(13)14)10-6-4-3-5-7-10;1-9(2)13-11(8-14-12(13)15)10-6-4-3-5-7-10;1-9(2)13-11(8-15-12(13)14)10-6-4-3-5-7-10;1-6(2)8-5-12-9(11)10(8)7(3)4;1-6(2)8-5-11-9(12)10(8)7(3)4;1-6(2)8-5-12-9(11)10(8)7(3)4/h4-10,12H,1-3H3;3*3-7,10,12H,8-9H2,1-2H3;3*3-7,9,11H,8H2,1-2H3;3*6-8H,5H2,1-4H3/t10-,12-;3*12-;3*11-;3*8-/m1111000000/s1. The highest BCUT2D eigenvalue weighted by Crippen LogP contribution is 2.40. The fourth-order valence-corrected chi connectivity index (χ4v) is 25.7. The van der Waals surface area contributed by atoms with Crippen LogP contribution in [-0.4, -0.2) is 261 Å². The zero-order valence-electron chi connectivity index (χ0n) is 90.7. The maximum Gasteiger partial charge on any atom is 0.411 e. The second-order valence-corrected chi connectivity index (χ2v) is 47.4. The van der Waals surface area contributed by atoms with Gasteiger partial charge in [0.25, 0.3) is 15.5 Å². The Balaban J connectivity index is 0.000000197. The van der Waals surface area contributed by atoms with Crippen molar-refractivity contribution in [3.63, 3.8) is 0 Å². The van der Waals surface area contributed by atoms with Gasteiger partial charge in [0.2, 0.25) is 0 Å². The molecule has 0 aliphatic carbocycles. The number of rotatable bonds is 23. The molecule has 11 atom stereocenters. The Morgan fingerprint density at radius 1 is 0.255 bits per heavy atom. The summed E-state index contributed by atoms with van der Waals surface area (Å²) < 4.78 is 40.1. The van der Waals surface area contributed by atoms with Crippen LogP contribution >= 0.6 is 109 Å². The van der Waals surface area contributed by atoms with Gasteiger partial charge in [-0.2, -0.15) is 0 Å². The average Bonchev–Trinajstić information content (AvgIpc) is 1.66. The summed E-state index contributed by atoms with van der Waals surface area (Å²) in [5.41, 5.74) is 8.83. The number of benzene rings is 7. The van der Waals surface area contributed by atoms with Gasteiger partial charge in [-0.3, -0.25) is 19.6 Å². The summed E-state index contributed by atoms with van der Waals surface area (Å²) in [7, 11) is 0. The number of carbonyl (C=O) groups excluding carboxylic acids is 4. The molecule has 7 aromatic rings. The minimum absolute atomic E-state index is 0.0682. The molecule has 10 fully saturated rings. The summed E-state index contributed by atoms with van der Waals surface area (Å²) in [5, 5.41) is 1.94. The first-order valence-corrected chi connectivity index (χ1v) is 57.1. The molecule has 30 heteroatoms. The number of nitrogens with zero attached hydrogens (tertiary/aromatic N) is 10. The lowest BCUT2D eigenvalue weighted by Gasteiger charge is -2.31. The smallest absolute Gasteiger partial charge is 0.411 e. The Morgan fingerprint density at radius 2 is 0.545 bits per heavy atom. The van der Waals surface area contributed by atoms with Crippen molar-refractivity contribution in [2.24, 2.45) is 17.8 Å². The first-order valence-electron chi connectivity index (χ1n) is 51.7. The van der Waals surface area contributed by atoms with Crippen LogP contribution in [0.2, 0.25) is 0 Å². The van der Waals surface area contributed by atoms with Crippen LogP contribution in [0.3, 0.4) is 0 Å². The molecule has 0 spiro atoms. The highest BCUT2D eigenvalue weighted by Gasteiger charge is 2.44. The van der Waals surface area contributed by atoms with E-state index in [1.807, 2.05) is 187 Å². The fraction of sp³-hybridized carbons (Fsp3) is 0.548. The molecule has 0 unspecified atom stereocenters. The molecule has 10 aliphatic heterocycles. The average molecular weight is 2150 g/mol. The van der Waals surface area contributed by atoms with Crippen LogP contribution in [0.25, 0.3) is 0 Å². The van der Waals surface area contributed by atoms with E-state index in [0.29, 0.717) is 133 Å². The second-order valence-electron chi connectivity index (χ2n) is 41.4. The van der Waals surface area contributed by atoms with Gasteiger partial charge in [0.05, 0.1) is 48.3 Å². The van der Waals surface area contributed by atoms with E-state index in [0.717, 1.165) is 61.5 Å². The first kappa shape index (κ1) is 122. The molecule has 10 saturated heterocycles. The molecule has 17 rings (SSSR count). The number of thiocarbonyl (C=S) groups is 6. The number of ether oxygens (including phenoxy) is 7. The van der Waals surface area contributed by atoms with Crippen molar-refractivity contribution in [3.8, 4) is 0 Å². The van der Waals surface area contributed by atoms with Gasteiger partial charge < -0.3 is 62.6 Å². The maximum absolute atomic E-state index is 11.7. The number of amides is 4. The molecular weight excluding hydrogens is 1990 g/mol. The summed E-state index contributed by atoms with van der Waals surface area (Å²) in [6, 6.07) is 79.3. The van der Waals surface area contributed by atoms with Gasteiger partial charge in [0.1, 0.15) is 58.7 Å². The Morgan fingerprint density at radius 3 is 0.945 bits per heavy atom. The number of cyclic esters (lactones) is 4. The lowest BCUT2D eigenvalue weighted by molar-refractivity contribution is 0.128. The van der Waals surface area contributed by atoms with E-state index in [-0.39, 0.29) is 84.9 Å². The second kappa shape index (κ2) is 60.3. The summed E-state index contributed by atoms with van der Waals surface area (Å²) in [6.45, 7) is 61.1. The highest BCUT2D eigenvalue weighted by atomic mass is 32.2. The van der Waals surface area contributed by atoms with Gasteiger partial charge in [0.15, 0.2) is 0 Å². The summed E-state index contributed by atoms with van der Waals surface area (Å²) in [4.78, 5) is 66.9. The Hall–Kier alpha value is -8.59. The van der Waals surface area contributed by atoms with E-state index >= 15 is 0 Å². The third-order valence-electron chi connectivity index (χ3n) is 26.4. The quantitative estimate of drug-likeness (QED) is 0.0438. The lowest BCUT2D eigenvalue weighted by atomic mass is 10.0. The van der Waals surface area contributed by atoms with Crippen LogP contribution < -0.4 is 0 Å². The summed E-state index contributed by atoms with van der Waals surface area (Å²) >= 11 is 37.1. The van der Waals surface area contributed by atoms with Crippen LogP contribution in [0.4, 0.5) is 19.2 Å². The van der Waals surface area contributed by atoms with Crippen LogP contribution in [-0.2, 0) is 52.4 Å². The molecule has 145 heavy (non-hydrogen) atoms. The van der Waals surface area contributed by atoms with Crippen LogP contribution in [0.15, 0.2) is 212 Å². The van der Waals surface area contributed by atoms with Crippen molar-refractivity contribution >= 4 is 161 Å². The molecule has 0 aromatic heterocycles. The van der Waals surface area contributed by atoms with Gasteiger partial charge in [-0.05, 0) is 258 Å². The van der Waals surface area contributed by atoms with E-state index in [1.165, 1.54) is 33.6 Å². The van der Waals surface area contributed by atoms with Crippen molar-refractivity contribution in [2.45, 2.75) is 333 Å². The van der Waals surface area contributed by atoms with Gasteiger partial charge in [-0.15, -0.1) is 0 Å². The van der Waals surface area contributed by atoms with E-state index in [9.17, 15) is 19.2 Å². The van der Waals surface area contributed by atoms with E-state index in [1.54, 1.807) is 21.6 Å². The number of carbonyl (C=O) groups is 4. The molecule has 0 bridgehead atoms. The normalized spacial score (nSPS) is 22.1. The predicted octanol–water partition coefficient (Wildman–Crippen LogP) is 26.9. The molecule has 10 aliphatic rings. The Kier molecular flexibility index (Phi) is 50.6. The molecule has 10 heterocycles. The molecular formula is C115H164N10O11S9. The van der Waals surface area contributed by atoms with Crippen LogP contribution in [0, 0.1) is 17.8 Å². The predicted molar refractivity (Wildman–Crippen MR) is 625 cm³/mol. The van der Waals surface area contributed by atoms with Crippen molar-refractivity contribution in [3.05, 3.63) is 251 Å². The highest BCUT2D eigenvalue weighted by molar-refractivity contribution is 8.24. The minimum atomic E-state index is -0.212. The monoisotopic (exact) mass is 2150 g/mol. The van der Waals surface area contributed by atoms with Gasteiger partial charge >= 0.3 is 24.4 Å². The van der Waals surface area contributed by atoms with Gasteiger partial charge in [0, 0.05) is 89.8 Å². The number of hydrogen-bond acceptors (Lipinski definition) is 20. The molecule has 794 valence electrons. The van der Waals surface area contributed by atoms with E-state index < -0.39 is 0 Å². The van der Waals surface area contributed by atoms with Gasteiger partial charge in [-0.1, -0.05) is 326 Å². The van der Waals surface area contributed by atoms with Gasteiger partial charge in [-0.25, -0.2) is 19.2 Å². The maximum atomic E-state index is 11.7. The molecule has 0 N–H and O–H groups in total. The zero-order valence-corrected chi connectivity index (χ0v) is 98.0. The summed E-state index contributed by atoms with van der Waals surface area (Å²) in [6.07, 6.45) is 2.06. The van der Waals surface area contributed by atoms with Crippen LogP contribution in [0.1, 0.15) is 250 Å². The number of hydrogen-bond donors (Lipinski definition) is 0. The van der Waals surface area contributed by atoms with E-state index in [2.05, 4.69) is 275 Å². The molecule has 0 saturated carbocycles. The lowest BCUT2D eigenvalue weighted by Crippen LogP contribution is -2.41. The third kappa shape index (κ3) is 35.5. The largest absolute Gasteiger partial charge is 0.469 e. The molecule has 7 aromatic carbocycles. The van der Waals surface area contributed by atoms with E-state index in [4.69, 9.17) is 106 Å². The van der Waals surface area contributed by atoms with Crippen molar-refractivity contribution in [1.29, 1.82) is 0 Å². The topological polar surface area (TPSA) is 165 Å². The molecule has 21 nitrogen and oxygen atoms in total. The van der Waals surface area contributed by atoms with Crippen molar-refractivity contribution < 1.29 is 52.3 Å². The summed E-state index contributed by atoms with van der Waals surface area (Å²) in [5.74, 6) is 5.17. The first-order chi connectivity index (χ1) is 68.9. The Bertz CT molecular complexity index is 4670. The fourth-order valence-electron chi connectivity index (χ4n) is 19.2. The minimum Gasteiger partial charge on any atom is -0.469 e. The molecule has 0 radical (unpaired) electrons. The van der Waals surface area contributed by atoms with Crippen molar-refractivity contribution in [2.75, 3.05) is 56.9 Å². The number of thioether (sulfide) groups is 3. The van der Waals surface area contributed by atoms with Crippen LogP contribution in [0.5, 0.6) is 0 Å². The van der Waals surface area contributed by atoms with Crippen molar-refractivity contribution in [1.82, 2.24) is 49.0 Å². The third-order valence-corrected chi connectivity index (χ3v) is 32.0. The zero-order chi connectivity index (χ0) is 107. The molecule has 4 amide bonds. The Labute approximate surface area is 914 Å². The SMILES string of the molecule is CC(C)N1C(=O)OC[C@H]1Cc1ccccc1.CC(C)N1C(=O)OC[C@H]1c1ccccc1.CC(C)N1C(=O)O[C@@H](c2ccccc2)[C@H]1C.CC(C)N1C(=S)OC[C@H]1Cc1ccccc1.CC(C)N1C(=S)OC[C@H]1c1ccccc1.CC(C)N1C(=S)SC[C@H]1Cc1ccccc1.CC(C)N1C(=S)SC[C@H]1c1ccccc1.CC(C)[C@@H]1COC(=O)N1C(C)C.CC(C)[C@@H]1COC(=S)N1C(C)C.CC(C)[C@@H]1CSC(=S)N1C(C)C.